The van der Waals surface area contributed by atoms with Gasteiger partial charge in [0.2, 0.25) is 0 Å². The van der Waals surface area contributed by atoms with Crippen LogP contribution in [-0.4, -0.2) is 54.9 Å². The highest BCUT2D eigenvalue weighted by atomic mass is 16.3. The summed E-state index contributed by atoms with van der Waals surface area (Å²) >= 11 is 0. The van der Waals surface area contributed by atoms with Crippen molar-refractivity contribution in [2.75, 3.05) is 32.8 Å². The third-order valence-electron chi connectivity index (χ3n) is 6.40. The number of rotatable bonds is 6. The van der Waals surface area contributed by atoms with Crippen LogP contribution >= 0.6 is 0 Å². The molecule has 4 atom stereocenters. The molecule has 1 heterocycles. The minimum absolute atomic E-state index is 0.0306. The molecule has 5 heteroatoms. The topological polar surface area (TPSA) is 64.6 Å². The molecule has 2 amide bonds. The molecule has 0 radical (unpaired) electrons. The smallest absolute Gasteiger partial charge is 0.315 e. The van der Waals surface area contributed by atoms with Gasteiger partial charge < -0.3 is 20.6 Å². The SMILES string of the molecule is CCCN1CCC(CNC(=O)NC2C3CCC(C3)C2CO)CC1. The first-order valence-electron chi connectivity index (χ1n) is 9.58. The average molecular weight is 323 g/mol. The maximum Gasteiger partial charge on any atom is 0.315 e. The molecule has 0 spiro atoms. The third kappa shape index (κ3) is 4.00. The van der Waals surface area contributed by atoms with Crippen molar-refractivity contribution in [3.63, 3.8) is 0 Å². The molecule has 3 rings (SSSR count). The fourth-order valence-corrected chi connectivity index (χ4v) is 5.07. The zero-order valence-corrected chi connectivity index (χ0v) is 14.5. The molecule has 1 aliphatic heterocycles. The largest absolute Gasteiger partial charge is 0.396 e. The number of aliphatic hydroxyl groups is 1. The van der Waals surface area contributed by atoms with Crippen LogP contribution in [0.2, 0.25) is 0 Å². The van der Waals surface area contributed by atoms with Crippen LogP contribution in [0.4, 0.5) is 4.79 Å². The Hall–Kier alpha value is -0.810. The maximum absolute atomic E-state index is 12.2. The van der Waals surface area contributed by atoms with Gasteiger partial charge in [-0.1, -0.05) is 6.92 Å². The van der Waals surface area contributed by atoms with Crippen LogP contribution in [0.5, 0.6) is 0 Å². The van der Waals surface area contributed by atoms with E-state index in [1.54, 1.807) is 0 Å². The number of nitrogens with one attached hydrogen (secondary N) is 2. The summed E-state index contributed by atoms with van der Waals surface area (Å²) < 4.78 is 0. The van der Waals surface area contributed by atoms with Crippen molar-refractivity contribution in [3.8, 4) is 0 Å². The lowest BCUT2D eigenvalue weighted by Gasteiger charge is -2.33. The second kappa shape index (κ2) is 7.84. The molecular formula is C18H33N3O2. The van der Waals surface area contributed by atoms with E-state index in [2.05, 4.69) is 22.5 Å². The van der Waals surface area contributed by atoms with E-state index in [0.29, 0.717) is 17.8 Å². The van der Waals surface area contributed by atoms with Crippen molar-refractivity contribution in [1.82, 2.24) is 15.5 Å². The van der Waals surface area contributed by atoms with E-state index in [4.69, 9.17) is 0 Å². The molecule has 3 fully saturated rings. The number of fused-ring (bicyclic) bond motifs is 2. The van der Waals surface area contributed by atoms with Gasteiger partial charge in [0.05, 0.1) is 0 Å². The maximum atomic E-state index is 12.2. The van der Waals surface area contributed by atoms with Crippen molar-refractivity contribution in [2.24, 2.45) is 23.7 Å². The van der Waals surface area contributed by atoms with Crippen molar-refractivity contribution in [2.45, 2.75) is 51.5 Å². The van der Waals surface area contributed by atoms with Gasteiger partial charge in [-0.05, 0) is 75.9 Å². The average Bonchev–Trinajstić information content (AvgIpc) is 3.16. The predicted octanol–water partition coefficient (Wildman–Crippen LogP) is 1.81. The van der Waals surface area contributed by atoms with Crippen LogP contribution < -0.4 is 10.6 Å². The Morgan fingerprint density at radius 2 is 1.91 bits per heavy atom. The fraction of sp³-hybridized carbons (Fsp3) is 0.944. The molecule has 3 aliphatic rings. The number of carbonyl (C=O) groups is 1. The van der Waals surface area contributed by atoms with E-state index in [1.807, 2.05) is 0 Å². The first-order chi connectivity index (χ1) is 11.2. The zero-order valence-electron chi connectivity index (χ0n) is 14.5. The number of aliphatic hydroxyl groups excluding tert-OH is 1. The molecule has 2 bridgehead atoms. The van der Waals surface area contributed by atoms with Crippen LogP contribution in [0.25, 0.3) is 0 Å². The number of hydrogen-bond donors (Lipinski definition) is 3. The Balaban J connectivity index is 1.37. The molecule has 0 aromatic rings. The van der Waals surface area contributed by atoms with E-state index in [9.17, 15) is 9.90 Å². The summed E-state index contributed by atoms with van der Waals surface area (Å²) in [7, 11) is 0. The molecule has 23 heavy (non-hydrogen) atoms. The summed E-state index contributed by atoms with van der Waals surface area (Å²) in [5, 5.41) is 15.8. The summed E-state index contributed by atoms with van der Waals surface area (Å²) in [6, 6.07) is 0.155. The summed E-state index contributed by atoms with van der Waals surface area (Å²) in [5.41, 5.74) is 0. The lowest BCUT2D eigenvalue weighted by Crippen LogP contribution is -2.50. The molecule has 5 nitrogen and oxygen atoms in total. The third-order valence-corrected chi connectivity index (χ3v) is 6.40. The van der Waals surface area contributed by atoms with Crippen LogP contribution in [-0.2, 0) is 0 Å². The number of carbonyl (C=O) groups excluding carboxylic acids is 1. The molecular weight excluding hydrogens is 290 g/mol. The van der Waals surface area contributed by atoms with Gasteiger partial charge in [-0.25, -0.2) is 4.79 Å². The van der Waals surface area contributed by atoms with E-state index in [1.165, 1.54) is 58.2 Å². The molecule has 2 saturated carbocycles. The Kier molecular flexibility index (Phi) is 5.81. The minimum Gasteiger partial charge on any atom is -0.396 e. The number of amides is 2. The quantitative estimate of drug-likeness (QED) is 0.698. The lowest BCUT2D eigenvalue weighted by atomic mass is 9.85. The Morgan fingerprint density at radius 1 is 1.17 bits per heavy atom. The Bertz CT molecular complexity index is 396. The normalized spacial score (nSPS) is 34.7. The van der Waals surface area contributed by atoms with Gasteiger partial charge in [-0.15, -0.1) is 0 Å². The second-order valence-electron chi connectivity index (χ2n) is 7.84. The van der Waals surface area contributed by atoms with Crippen LogP contribution in [0.3, 0.4) is 0 Å². The van der Waals surface area contributed by atoms with E-state index >= 15 is 0 Å². The number of urea groups is 1. The highest BCUT2D eigenvalue weighted by molar-refractivity contribution is 5.74. The highest BCUT2D eigenvalue weighted by Crippen LogP contribution is 2.48. The van der Waals surface area contributed by atoms with Gasteiger partial charge in [0.25, 0.3) is 0 Å². The highest BCUT2D eigenvalue weighted by Gasteiger charge is 2.47. The predicted molar refractivity (Wildman–Crippen MR) is 91.2 cm³/mol. The minimum atomic E-state index is -0.0306. The Morgan fingerprint density at radius 3 is 2.61 bits per heavy atom. The monoisotopic (exact) mass is 323 g/mol. The van der Waals surface area contributed by atoms with Crippen molar-refractivity contribution < 1.29 is 9.90 Å². The first-order valence-corrected chi connectivity index (χ1v) is 9.58. The van der Waals surface area contributed by atoms with Crippen molar-refractivity contribution in [3.05, 3.63) is 0 Å². The molecule has 1 saturated heterocycles. The fourth-order valence-electron chi connectivity index (χ4n) is 5.07. The van der Waals surface area contributed by atoms with Crippen molar-refractivity contribution >= 4 is 6.03 Å². The summed E-state index contributed by atoms with van der Waals surface area (Å²) in [6.07, 6.45) is 7.22. The zero-order chi connectivity index (χ0) is 16.2. The van der Waals surface area contributed by atoms with Gasteiger partial charge in [-0.3, -0.25) is 0 Å². The van der Waals surface area contributed by atoms with Crippen LogP contribution in [0.1, 0.15) is 45.4 Å². The molecule has 0 aromatic carbocycles. The number of piperidine rings is 1. The van der Waals surface area contributed by atoms with Gasteiger partial charge in [0, 0.05) is 25.1 Å². The molecule has 0 aromatic heterocycles. The first kappa shape index (κ1) is 17.0. The second-order valence-corrected chi connectivity index (χ2v) is 7.84. The number of nitrogens with zero attached hydrogens (tertiary/aromatic N) is 1. The standard InChI is InChI=1S/C18H33N3O2/c1-2-7-21-8-5-13(6-9-21)11-19-18(23)20-17-15-4-3-14(10-15)16(17)12-22/h13-17,22H,2-12H2,1H3,(H2,19,20,23). The van der Waals surface area contributed by atoms with Gasteiger partial charge >= 0.3 is 6.03 Å². The molecule has 4 unspecified atom stereocenters. The van der Waals surface area contributed by atoms with Gasteiger partial charge in [0.15, 0.2) is 0 Å². The number of hydrogen-bond acceptors (Lipinski definition) is 3. The van der Waals surface area contributed by atoms with Crippen LogP contribution in [0, 0.1) is 23.7 Å². The summed E-state index contributed by atoms with van der Waals surface area (Å²) in [6.45, 7) is 6.76. The summed E-state index contributed by atoms with van der Waals surface area (Å²) in [4.78, 5) is 14.8. The number of likely N-dealkylation sites (tertiary alicyclic amines) is 1. The van der Waals surface area contributed by atoms with Gasteiger partial charge in [-0.2, -0.15) is 0 Å². The molecule has 132 valence electrons. The van der Waals surface area contributed by atoms with Gasteiger partial charge in [0.1, 0.15) is 0 Å². The Labute approximate surface area is 140 Å². The van der Waals surface area contributed by atoms with E-state index in [0.717, 1.165) is 6.54 Å². The van der Waals surface area contributed by atoms with E-state index < -0.39 is 0 Å². The van der Waals surface area contributed by atoms with Crippen molar-refractivity contribution in [1.29, 1.82) is 0 Å². The van der Waals surface area contributed by atoms with E-state index in [-0.39, 0.29) is 24.6 Å². The lowest BCUT2D eigenvalue weighted by molar-refractivity contribution is 0.143. The summed E-state index contributed by atoms with van der Waals surface area (Å²) in [5.74, 6) is 2.10. The molecule has 2 aliphatic carbocycles. The van der Waals surface area contributed by atoms with Crippen LogP contribution in [0.15, 0.2) is 0 Å². The molecule has 3 N–H and O–H groups in total.